The first-order valence-electron chi connectivity index (χ1n) is 12.5. The Morgan fingerprint density at radius 2 is 1.82 bits per heavy atom. The number of sulfone groups is 1. The molecule has 3 aromatic rings. The zero-order valence-corrected chi connectivity index (χ0v) is 22.7. The quantitative estimate of drug-likeness (QED) is 0.405. The highest BCUT2D eigenvalue weighted by Gasteiger charge is 2.29. The topological polar surface area (TPSA) is 120 Å². The SMILES string of the molecule is Cc1cc(N2CCC(N(CCNC(=O)O)C(=O)CCS(=O)(=O)c3ccc4cc(Cl)ccc4c3)CC2)ccn1. The van der Waals surface area contributed by atoms with Crippen molar-refractivity contribution in [3.63, 3.8) is 0 Å². The summed E-state index contributed by atoms with van der Waals surface area (Å²) in [6.45, 7) is 3.65. The summed E-state index contributed by atoms with van der Waals surface area (Å²) in [5.74, 6) is -0.630. The first-order chi connectivity index (χ1) is 18.1. The van der Waals surface area contributed by atoms with Gasteiger partial charge in [-0.05, 0) is 66.9 Å². The molecule has 2 aromatic carbocycles. The number of benzene rings is 2. The molecule has 38 heavy (non-hydrogen) atoms. The minimum absolute atomic E-state index is 0.0742. The average molecular weight is 559 g/mol. The van der Waals surface area contributed by atoms with Crippen molar-refractivity contribution < 1.29 is 23.1 Å². The summed E-state index contributed by atoms with van der Waals surface area (Å²) in [7, 11) is -3.71. The van der Waals surface area contributed by atoms with Gasteiger partial charge < -0.3 is 20.2 Å². The van der Waals surface area contributed by atoms with Crippen LogP contribution >= 0.6 is 11.6 Å². The lowest BCUT2D eigenvalue weighted by molar-refractivity contribution is -0.133. The Labute approximate surface area is 227 Å². The van der Waals surface area contributed by atoms with Gasteiger partial charge in [-0.1, -0.05) is 23.7 Å². The Morgan fingerprint density at radius 3 is 2.53 bits per heavy atom. The molecule has 2 amide bonds. The van der Waals surface area contributed by atoms with Crippen LogP contribution in [0.5, 0.6) is 0 Å². The lowest BCUT2D eigenvalue weighted by atomic mass is 10.0. The molecule has 1 saturated heterocycles. The number of rotatable bonds is 9. The van der Waals surface area contributed by atoms with Crippen LogP contribution in [0.4, 0.5) is 10.5 Å². The number of fused-ring (bicyclic) bond motifs is 1. The Morgan fingerprint density at radius 1 is 1.11 bits per heavy atom. The number of nitrogens with zero attached hydrogens (tertiary/aromatic N) is 3. The van der Waals surface area contributed by atoms with E-state index in [1.54, 1.807) is 41.4 Å². The fourth-order valence-corrected chi connectivity index (χ4v) is 6.27. The minimum Gasteiger partial charge on any atom is -0.465 e. The number of hydrogen-bond donors (Lipinski definition) is 2. The van der Waals surface area contributed by atoms with Crippen LogP contribution in [0.25, 0.3) is 10.8 Å². The molecule has 0 spiro atoms. The number of amides is 2. The van der Waals surface area contributed by atoms with Crippen LogP contribution in [-0.4, -0.2) is 73.4 Å². The summed E-state index contributed by atoms with van der Waals surface area (Å²) in [6.07, 6.45) is 1.81. The summed E-state index contributed by atoms with van der Waals surface area (Å²) >= 11 is 6.02. The second-order valence-corrected chi connectivity index (χ2v) is 12.0. The van der Waals surface area contributed by atoms with Gasteiger partial charge in [0.2, 0.25) is 5.91 Å². The van der Waals surface area contributed by atoms with Crippen LogP contribution in [-0.2, 0) is 14.6 Å². The van der Waals surface area contributed by atoms with Crippen LogP contribution in [0, 0.1) is 6.92 Å². The molecular formula is C27H31ClN4O5S. The van der Waals surface area contributed by atoms with Crippen LogP contribution in [0.15, 0.2) is 59.6 Å². The highest BCUT2D eigenvalue weighted by Crippen LogP contribution is 2.25. The van der Waals surface area contributed by atoms with E-state index in [0.717, 1.165) is 35.2 Å². The van der Waals surface area contributed by atoms with Crippen molar-refractivity contribution in [1.82, 2.24) is 15.2 Å². The Hall–Kier alpha value is -3.37. The first-order valence-corrected chi connectivity index (χ1v) is 14.5. The van der Waals surface area contributed by atoms with Crippen LogP contribution in [0.3, 0.4) is 0 Å². The van der Waals surface area contributed by atoms with Gasteiger partial charge in [0, 0.05) is 61.2 Å². The van der Waals surface area contributed by atoms with Crippen molar-refractivity contribution in [3.8, 4) is 0 Å². The van der Waals surface area contributed by atoms with E-state index in [-0.39, 0.29) is 42.1 Å². The lowest BCUT2D eigenvalue weighted by Crippen LogP contribution is -2.50. The fourth-order valence-electron chi connectivity index (χ4n) is 4.83. The van der Waals surface area contributed by atoms with Crippen molar-refractivity contribution in [2.24, 2.45) is 0 Å². The van der Waals surface area contributed by atoms with Crippen LogP contribution in [0.2, 0.25) is 5.02 Å². The van der Waals surface area contributed by atoms with Gasteiger partial charge in [-0.2, -0.15) is 0 Å². The number of nitrogens with one attached hydrogen (secondary N) is 1. The third kappa shape index (κ3) is 6.93. The molecule has 9 nitrogen and oxygen atoms in total. The van der Waals surface area contributed by atoms with Crippen molar-refractivity contribution in [2.45, 2.75) is 37.1 Å². The molecule has 0 bridgehead atoms. The number of aromatic nitrogens is 1. The smallest absolute Gasteiger partial charge is 0.404 e. The van der Waals surface area contributed by atoms with Crippen molar-refractivity contribution in [2.75, 3.05) is 36.8 Å². The summed E-state index contributed by atoms with van der Waals surface area (Å²) in [6, 6.07) is 13.9. The van der Waals surface area contributed by atoms with E-state index in [2.05, 4.69) is 15.2 Å². The standard InChI is InChI=1S/C27H31ClN4O5S/c1-19-16-24(6-10-29-19)31-12-7-23(8-13-31)32(14-11-30-27(34)35)26(33)9-15-38(36,37)25-5-3-20-17-22(28)4-2-21(20)18-25/h2-6,10,16-18,23,30H,7-9,11-15H2,1H3,(H,34,35). The monoisotopic (exact) mass is 558 g/mol. The molecule has 0 saturated carbocycles. The van der Waals surface area contributed by atoms with Gasteiger partial charge in [0.05, 0.1) is 10.6 Å². The molecule has 11 heteroatoms. The maximum absolute atomic E-state index is 13.3. The highest BCUT2D eigenvalue weighted by atomic mass is 35.5. The number of aryl methyl sites for hydroxylation is 1. The second-order valence-electron chi connectivity index (χ2n) is 9.41. The van der Waals surface area contributed by atoms with E-state index < -0.39 is 15.9 Å². The fraction of sp³-hybridized carbons (Fsp3) is 0.370. The van der Waals surface area contributed by atoms with E-state index in [4.69, 9.17) is 16.7 Å². The zero-order chi connectivity index (χ0) is 27.3. The van der Waals surface area contributed by atoms with Crippen molar-refractivity contribution in [1.29, 1.82) is 0 Å². The predicted molar refractivity (Wildman–Crippen MR) is 148 cm³/mol. The molecule has 202 valence electrons. The number of carbonyl (C=O) groups excluding carboxylic acids is 1. The third-order valence-electron chi connectivity index (χ3n) is 6.82. The van der Waals surface area contributed by atoms with E-state index in [0.29, 0.717) is 17.9 Å². The first kappa shape index (κ1) is 27.7. The van der Waals surface area contributed by atoms with Gasteiger partial charge in [0.1, 0.15) is 0 Å². The molecule has 1 fully saturated rings. The van der Waals surface area contributed by atoms with Gasteiger partial charge in [-0.25, -0.2) is 13.2 Å². The molecule has 4 rings (SSSR count). The summed E-state index contributed by atoms with van der Waals surface area (Å²) < 4.78 is 26.2. The van der Waals surface area contributed by atoms with E-state index >= 15 is 0 Å². The normalized spacial score (nSPS) is 14.4. The number of carbonyl (C=O) groups is 2. The summed E-state index contributed by atoms with van der Waals surface area (Å²) in [5, 5.41) is 13.4. The Kier molecular flexibility index (Phi) is 8.73. The molecule has 1 aliphatic rings. The predicted octanol–water partition coefficient (Wildman–Crippen LogP) is 4.13. The van der Waals surface area contributed by atoms with Crippen molar-refractivity contribution in [3.05, 3.63) is 65.4 Å². The molecule has 0 aliphatic carbocycles. The lowest BCUT2D eigenvalue weighted by Gasteiger charge is -2.39. The number of pyridine rings is 1. The van der Waals surface area contributed by atoms with Gasteiger partial charge >= 0.3 is 6.09 Å². The van der Waals surface area contributed by atoms with Gasteiger partial charge in [-0.3, -0.25) is 9.78 Å². The molecule has 1 aliphatic heterocycles. The van der Waals surface area contributed by atoms with E-state index in [1.165, 1.54) is 6.07 Å². The highest BCUT2D eigenvalue weighted by molar-refractivity contribution is 7.91. The minimum atomic E-state index is -3.71. The molecule has 0 radical (unpaired) electrons. The summed E-state index contributed by atoms with van der Waals surface area (Å²) in [5.41, 5.74) is 2.00. The Balaban J connectivity index is 1.42. The summed E-state index contributed by atoms with van der Waals surface area (Å²) in [4.78, 5) is 32.5. The molecule has 0 atom stereocenters. The third-order valence-corrected chi connectivity index (χ3v) is 8.77. The second kappa shape index (κ2) is 12.0. The molecule has 0 unspecified atom stereocenters. The number of piperidine rings is 1. The Bertz CT molecular complexity index is 1420. The number of halogens is 1. The zero-order valence-electron chi connectivity index (χ0n) is 21.1. The van der Waals surface area contributed by atoms with Crippen LogP contribution < -0.4 is 10.2 Å². The number of carboxylic acid groups (broad SMARTS) is 1. The van der Waals surface area contributed by atoms with Crippen molar-refractivity contribution >= 4 is 49.9 Å². The average Bonchev–Trinajstić information content (AvgIpc) is 2.89. The van der Waals surface area contributed by atoms with Crippen LogP contribution in [0.1, 0.15) is 25.0 Å². The van der Waals surface area contributed by atoms with E-state index in [9.17, 15) is 18.0 Å². The largest absolute Gasteiger partial charge is 0.465 e. The maximum atomic E-state index is 13.3. The molecular weight excluding hydrogens is 528 g/mol. The number of anilines is 1. The van der Waals surface area contributed by atoms with Gasteiger partial charge in [0.25, 0.3) is 0 Å². The maximum Gasteiger partial charge on any atom is 0.404 e. The van der Waals surface area contributed by atoms with Gasteiger partial charge in [-0.15, -0.1) is 0 Å². The molecule has 2 heterocycles. The van der Waals surface area contributed by atoms with E-state index in [1.807, 2.05) is 19.1 Å². The molecule has 2 N–H and O–H groups in total. The van der Waals surface area contributed by atoms with Gasteiger partial charge in [0.15, 0.2) is 9.84 Å². The number of hydrogen-bond acceptors (Lipinski definition) is 6. The molecule has 1 aromatic heterocycles.